The summed E-state index contributed by atoms with van der Waals surface area (Å²) in [6.45, 7) is 6.34. The number of benzene rings is 2. The smallest absolute Gasteiger partial charge is 0.407 e. The molecule has 0 saturated heterocycles. The molecule has 3 rings (SSSR count). The molecule has 1 aromatic heterocycles. The molecule has 0 aliphatic carbocycles. The maximum Gasteiger partial charge on any atom is 0.407 e. The fourth-order valence-corrected chi connectivity index (χ4v) is 2.78. The minimum atomic E-state index is -0.429. The minimum absolute atomic E-state index is 0.0413. The van der Waals surface area contributed by atoms with Crippen molar-refractivity contribution in [2.24, 2.45) is 0 Å². The molecular formula is C23H26N2O4. The van der Waals surface area contributed by atoms with E-state index in [1.54, 1.807) is 0 Å². The van der Waals surface area contributed by atoms with Crippen molar-refractivity contribution in [1.82, 2.24) is 10.3 Å². The molecule has 0 spiro atoms. The number of ether oxygens (including phenoxy) is 2. The van der Waals surface area contributed by atoms with Gasteiger partial charge in [-0.15, -0.1) is 0 Å². The third kappa shape index (κ3) is 6.10. The van der Waals surface area contributed by atoms with Gasteiger partial charge in [-0.1, -0.05) is 30.3 Å². The lowest BCUT2D eigenvalue weighted by Crippen LogP contribution is -2.30. The van der Waals surface area contributed by atoms with Crippen LogP contribution in [-0.4, -0.2) is 23.7 Å². The standard InChI is InChI=1S/C23H26N2O4/c1-16(2)24-23(26)28-15-18-8-7-11-20(14-18)27-13-12-21-17(3)29-22(25-21)19-9-5-4-6-10-19/h4-11,14,16H,12-13,15H2,1-3H3,(H,24,26). The number of hydrogen-bond donors (Lipinski definition) is 1. The number of aryl methyl sites for hydroxylation is 1. The van der Waals surface area contributed by atoms with Gasteiger partial charge in [0.2, 0.25) is 5.89 Å². The summed E-state index contributed by atoms with van der Waals surface area (Å²) in [5.74, 6) is 2.14. The zero-order chi connectivity index (χ0) is 20.6. The summed E-state index contributed by atoms with van der Waals surface area (Å²) in [7, 11) is 0. The number of carbonyl (C=O) groups excluding carboxylic acids is 1. The van der Waals surface area contributed by atoms with Gasteiger partial charge in [-0.05, 0) is 50.6 Å². The minimum Gasteiger partial charge on any atom is -0.493 e. The Kier molecular flexibility index (Phi) is 6.89. The Hall–Kier alpha value is -3.28. The van der Waals surface area contributed by atoms with Crippen molar-refractivity contribution < 1.29 is 18.7 Å². The van der Waals surface area contributed by atoms with Gasteiger partial charge in [-0.2, -0.15) is 0 Å². The summed E-state index contributed by atoms with van der Waals surface area (Å²) in [6, 6.07) is 17.4. The summed E-state index contributed by atoms with van der Waals surface area (Å²) in [5.41, 5.74) is 2.70. The molecule has 0 bridgehead atoms. The van der Waals surface area contributed by atoms with E-state index in [1.165, 1.54) is 0 Å². The van der Waals surface area contributed by atoms with Gasteiger partial charge in [0.25, 0.3) is 0 Å². The number of aromatic nitrogens is 1. The number of amides is 1. The van der Waals surface area contributed by atoms with E-state index >= 15 is 0 Å². The van der Waals surface area contributed by atoms with Crippen LogP contribution in [0.15, 0.2) is 59.0 Å². The SMILES string of the molecule is Cc1oc(-c2ccccc2)nc1CCOc1cccc(COC(=O)NC(C)C)c1. The monoisotopic (exact) mass is 394 g/mol. The van der Waals surface area contributed by atoms with E-state index in [1.807, 2.05) is 75.4 Å². The van der Waals surface area contributed by atoms with Gasteiger partial charge in [0.15, 0.2) is 0 Å². The largest absolute Gasteiger partial charge is 0.493 e. The fraction of sp³-hybridized carbons (Fsp3) is 0.304. The van der Waals surface area contributed by atoms with Crippen molar-refractivity contribution in [3.05, 3.63) is 71.6 Å². The van der Waals surface area contributed by atoms with E-state index < -0.39 is 6.09 Å². The van der Waals surface area contributed by atoms with Gasteiger partial charge in [-0.25, -0.2) is 9.78 Å². The highest BCUT2D eigenvalue weighted by atomic mass is 16.5. The highest BCUT2D eigenvalue weighted by molar-refractivity contribution is 5.67. The molecule has 29 heavy (non-hydrogen) atoms. The number of nitrogens with one attached hydrogen (secondary N) is 1. The summed E-state index contributed by atoms with van der Waals surface area (Å²) in [6.07, 6.45) is 0.210. The Bertz CT molecular complexity index is 935. The quantitative estimate of drug-likeness (QED) is 0.588. The maximum atomic E-state index is 11.6. The summed E-state index contributed by atoms with van der Waals surface area (Å²) in [4.78, 5) is 16.2. The highest BCUT2D eigenvalue weighted by Crippen LogP contribution is 2.22. The number of alkyl carbamates (subject to hydrolysis) is 1. The average Bonchev–Trinajstić information content (AvgIpc) is 3.08. The topological polar surface area (TPSA) is 73.6 Å². The lowest BCUT2D eigenvalue weighted by atomic mass is 10.2. The first kappa shape index (κ1) is 20.5. The Morgan fingerprint density at radius 2 is 1.93 bits per heavy atom. The van der Waals surface area contributed by atoms with E-state index in [2.05, 4.69) is 10.3 Å². The predicted octanol–water partition coefficient (Wildman–Crippen LogP) is 4.91. The predicted molar refractivity (Wildman–Crippen MR) is 111 cm³/mol. The van der Waals surface area contributed by atoms with Gasteiger partial charge in [-0.3, -0.25) is 0 Å². The molecular weight excluding hydrogens is 368 g/mol. The van der Waals surface area contributed by atoms with Crippen LogP contribution in [0.5, 0.6) is 5.75 Å². The molecule has 1 N–H and O–H groups in total. The van der Waals surface area contributed by atoms with Gasteiger partial charge in [0.1, 0.15) is 18.1 Å². The van der Waals surface area contributed by atoms with E-state index in [0.29, 0.717) is 18.9 Å². The van der Waals surface area contributed by atoms with Crippen LogP contribution in [-0.2, 0) is 17.8 Å². The molecule has 152 valence electrons. The first-order chi connectivity index (χ1) is 14.0. The van der Waals surface area contributed by atoms with Crippen molar-refractivity contribution in [2.75, 3.05) is 6.61 Å². The Morgan fingerprint density at radius 1 is 1.14 bits per heavy atom. The first-order valence-electron chi connectivity index (χ1n) is 9.68. The van der Waals surface area contributed by atoms with Crippen LogP contribution in [0.3, 0.4) is 0 Å². The third-order valence-electron chi connectivity index (χ3n) is 4.20. The average molecular weight is 394 g/mol. The van der Waals surface area contributed by atoms with Crippen LogP contribution >= 0.6 is 0 Å². The normalized spacial score (nSPS) is 10.8. The van der Waals surface area contributed by atoms with E-state index in [9.17, 15) is 4.79 Å². The maximum absolute atomic E-state index is 11.6. The summed E-state index contributed by atoms with van der Waals surface area (Å²) in [5, 5.41) is 2.69. The van der Waals surface area contributed by atoms with Crippen molar-refractivity contribution in [3.63, 3.8) is 0 Å². The van der Waals surface area contributed by atoms with Crippen molar-refractivity contribution in [3.8, 4) is 17.2 Å². The highest BCUT2D eigenvalue weighted by Gasteiger charge is 2.11. The van der Waals surface area contributed by atoms with Gasteiger partial charge < -0.3 is 19.2 Å². The molecule has 6 nitrogen and oxygen atoms in total. The zero-order valence-corrected chi connectivity index (χ0v) is 17.0. The lowest BCUT2D eigenvalue weighted by Gasteiger charge is -2.10. The molecule has 1 amide bonds. The van der Waals surface area contributed by atoms with E-state index in [-0.39, 0.29) is 12.6 Å². The fourth-order valence-electron chi connectivity index (χ4n) is 2.78. The number of oxazole rings is 1. The van der Waals surface area contributed by atoms with Crippen molar-refractivity contribution >= 4 is 6.09 Å². The third-order valence-corrected chi connectivity index (χ3v) is 4.20. The molecule has 0 radical (unpaired) electrons. The van der Waals surface area contributed by atoms with Crippen molar-refractivity contribution in [2.45, 2.75) is 39.8 Å². The Morgan fingerprint density at radius 3 is 2.69 bits per heavy atom. The van der Waals surface area contributed by atoms with E-state index in [0.717, 1.165) is 28.3 Å². The lowest BCUT2D eigenvalue weighted by molar-refractivity contribution is 0.137. The van der Waals surface area contributed by atoms with Crippen LogP contribution in [0, 0.1) is 6.92 Å². The molecule has 0 unspecified atom stereocenters. The number of carbonyl (C=O) groups is 1. The second-order valence-corrected chi connectivity index (χ2v) is 7.01. The van der Waals surface area contributed by atoms with Gasteiger partial charge >= 0.3 is 6.09 Å². The molecule has 0 atom stereocenters. The Balaban J connectivity index is 1.52. The number of rotatable bonds is 8. The van der Waals surface area contributed by atoms with Crippen LogP contribution in [0.2, 0.25) is 0 Å². The van der Waals surface area contributed by atoms with Crippen LogP contribution in [0.25, 0.3) is 11.5 Å². The second-order valence-electron chi connectivity index (χ2n) is 7.01. The summed E-state index contributed by atoms with van der Waals surface area (Å²) >= 11 is 0. The second kappa shape index (κ2) is 9.78. The van der Waals surface area contributed by atoms with Crippen molar-refractivity contribution in [1.29, 1.82) is 0 Å². The molecule has 0 saturated carbocycles. The van der Waals surface area contributed by atoms with Crippen LogP contribution in [0.4, 0.5) is 4.79 Å². The molecule has 0 aliphatic rings. The number of hydrogen-bond acceptors (Lipinski definition) is 5. The van der Waals surface area contributed by atoms with Crippen LogP contribution in [0.1, 0.15) is 30.9 Å². The first-order valence-corrected chi connectivity index (χ1v) is 9.68. The number of nitrogens with zero attached hydrogens (tertiary/aromatic N) is 1. The molecule has 0 aliphatic heterocycles. The molecule has 1 heterocycles. The van der Waals surface area contributed by atoms with E-state index in [4.69, 9.17) is 13.9 Å². The van der Waals surface area contributed by atoms with Gasteiger partial charge in [0.05, 0.1) is 12.3 Å². The Labute approximate surface area is 170 Å². The molecule has 2 aromatic carbocycles. The van der Waals surface area contributed by atoms with Gasteiger partial charge in [0, 0.05) is 18.0 Å². The molecule has 0 fully saturated rings. The summed E-state index contributed by atoms with van der Waals surface area (Å²) < 4.78 is 16.8. The molecule has 6 heteroatoms. The molecule has 3 aromatic rings. The van der Waals surface area contributed by atoms with Crippen LogP contribution < -0.4 is 10.1 Å². The zero-order valence-electron chi connectivity index (χ0n) is 17.0.